The van der Waals surface area contributed by atoms with Crippen molar-refractivity contribution in [1.29, 1.82) is 0 Å². The number of carbonyl (C=O) groups is 1. The van der Waals surface area contributed by atoms with Crippen LogP contribution in [0.2, 0.25) is 5.02 Å². The lowest BCUT2D eigenvalue weighted by atomic mass is 9.91. The van der Waals surface area contributed by atoms with E-state index in [9.17, 15) is 4.79 Å². The second kappa shape index (κ2) is 7.07. The lowest BCUT2D eigenvalue weighted by molar-refractivity contribution is -0.146. The minimum absolute atomic E-state index is 0.0106. The maximum atomic E-state index is 12.3. The Bertz CT molecular complexity index is 459. The first-order valence-electron chi connectivity index (χ1n) is 6.95. The molecule has 1 amide bonds. The Morgan fingerprint density at radius 1 is 1.45 bits per heavy atom. The van der Waals surface area contributed by atoms with Crippen LogP contribution in [0.1, 0.15) is 18.4 Å². The molecule has 1 aromatic carbocycles. The van der Waals surface area contributed by atoms with Gasteiger partial charge in [0.15, 0.2) is 0 Å². The first-order chi connectivity index (χ1) is 9.66. The van der Waals surface area contributed by atoms with E-state index in [1.54, 1.807) is 7.11 Å². The maximum absolute atomic E-state index is 12.3. The SMILES string of the molecule is COC1(C(=O)NCCc2cccc(Cl)c2)CCNCC1. The van der Waals surface area contributed by atoms with Crippen molar-refractivity contribution in [3.8, 4) is 0 Å². The molecule has 2 N–H and O–H groups in total. The van der Waals surface area contributed by atoms with E-state index in [1.165, 1.54) is 0 Å². The molecule has 0 aliphatic carbocycles. The van der Waals surface area contributed by atoms with Gasteiger partial charge in [-0.15, -0.1) is 0 Å². The van der Waals surface area contributed by atoms with Gasteiger partial charge in [-0.05, 0) is 50.0 Å². The molecule has 0 unspecified atom stereocenters. The van der Waals surface area contributed by atoms with E-state index < -0.39 is 5.60 Å². The molecule has 0 spiro atoms. The minimum Gasteiger partial charge on any atom is -0.368 e. The fourth-order valence-corrected chi connectivity index (χ4v) is 2.74. The second-order valence-corrected chi connectivity index (χ2v) is 5.52. The second-order valence-electron chi connectivity index (χ2n) is 5.08. The number of amides is 1. The molecule has 0 radical (unpaired) electrons. The molecule has 0 aromatic heterocycles. The van der Waals surface area contributed by atoms with Crippen molar-refractivity contribution in [3.05, 3.63) is 34.9 Å². The highest BCUT2D eigenvalue weighted by atomic mass is 35.5. The highest BCUT2D eigenvalue weighted by molar-refractivity contribution is 6.30. The number of carbonyl (C=O) groups excluding carboxylic acids is 1. The summed E-state index contributed by atoms with van der Waals surface area (Å²) in [5.41, 5.74) is 0.453. The van der Waals surface area contributed by atoms with Crippen LogP contribution >= 0.6 is 11.6 Å². The van der Waals surface area contributed by atoms with Gasteiger partial charge in [0.1, 0.15) is 5.60 Å². The summed E-state index contributed by atoms with van der Waals surface area (Å²) in [5.74, 6) is -0.0106. The molecule has 4 nitrogen and oxygen atoms in total. The lowest BCUT2D eigenvalue weighted by Gasteiger charge is -2.34. The van der Waals surface area contributed by atoms with E-state index in [1.807, 2.05) is 24.3 Å². The summed E-state index contributed by atoms with van der Waals surface area (Å²) in [6.07, 6.45) is 2.20. The van der Waals surface area contributed by atoms with Crippen LogP contribution in [-0.2, 0) is 16.0 Å². The van der Waals surface area contributed by atoms with Crippen LogP contribution in [0.4, 0.5) is 0 Å². The number of halogens is 1. The van der Waals surface area contributed by atoms with Gasteiger partial charge < -0.3 is 15.4 Å². The summed E-state index contributed by atoms with van der Waals surface area (Å²) < 4.78 is 5.49. The monoisotopic (exact) mass is 296 g/mol. The third kappa shape index (κ3) is 3.72. The van der Waals surface area contributed by atoms with Crippen molar-refractivity contribution in [2.24, 2.45) is 0 Å². The van der Waals surface area contributed by atoms with Crippen LogP contribution in [0.25, 0.3) is 0 Å². The van der Waals surface area contributed by atoms with Gasteiger partial charge in [-0.2, -0.15) is 0 Å². The first-order valence-corrected chi connectivity index (χ1v) is 7.33. The van der Waals surface area contributed by atoms with E-state index >= 15 is 0 Å². The van der Waals surface area contributed by atoms with Gasteiger partial charge in [-0.1, -0.05) is 23.7 Å². The number of piperidine rings is 1. The summed E-state index contributed by atoms with van der Waals surface area (Å²) in [5, 5.41) is 6.94. The number of hydrogen-bond acceptors (Lipinski definition) is 3. The van der Waals surface area contributed by atoms with Crippen molar-refractivity contribution < 1.29 is 9.53 Å². The van der Waals surface area contributed by atoms with Crippen LogP contribution in [-0.4, -0.2) is 38.3 Å². The molecular weight excluding hydrogens is 276 g/mol. The normalized spacial score (nSPS) is 17.7. The molecule has 1 aliphatic rings. The predicted molar refractivity (Wildman–Crippen MR) is 80.0 cm³/mol. The van der Waals surface area contributed by atoms with Crippen LogP contribution in [0, 0.1) is 0 Å². The van der Waals surface area contributed by atoms with Gasteiger partial charge in [-0.25, -0.2) is 0 Å². The number of nitrogens with one attached hydrogen (secondary N) is 2. The molecule has 1 aliphatic heterocycles. The predicted octanol–water partition coefficient (Wildman–Crippen LogP) is 1.77. The average molecular weight is 297 g/mol. The van der Waals surface area contributed by atoms with Crippen molar-refractivity contribution in [2.45, 2.75) is 24.9 Å². The Morgan fingerprint density at radius 2 is 2.20 bits per heavy atom. The fourth-order valence-electron chi connectivity index (χ4n) is 2.53. The van der Waals surface area contributed by atoms with Gasteiger partial charge in [0, 0.05) is 18.7 Å². The zero-order valence-corrected chi connectivity index (χ0v) is 12.5. The van der Waals surface area contributed by atoms with Gasteiger partial charge in [0.2, 0.25) is 0 Å². The molecule has 1 saturated heterocycles. The van der Waals surface area contributed by atoms with Crippen molar-refractivity contribution >= 4 is 17.5 Å². The average Bonchev–Trinajstić information content (AvgIpc) is 2.48. The van der Waals surface area contributed by atoms with Gasteiger partial charge >= 0.3 is 0 Å². The summed E-state index contributed by atoms with van der Waals surface area (Å²) >= 11 is 5.94. The highest BCUT2D eigenvalue weighted by Crippen LogP contribution is 2.22. The van der Waals surface area contributed by atoms with Crippen molar-refractivity contribution in [3.63, 3.8) is 0 Å². The summed E-state index contributed by atoms with van der Waals surface area (Å²) in [6, 6.07) is 7.69. The Balaban J connectivity index is 1.85. The van der Waals surface area contributed by atoms with E-state index in [0.717, 1.165) is 30.1 Å². The van der Waals surface area contributed by atoms with Crippen molar-refractivity contribution in [2.75, 3.05) is 26.7 Å². The summed E-state index contributed by atoms with van der Waals surface area (Å²) in [4.78, 5) is 12.3. The molecular formula is C15H21ClN2O2. The van der Waals surface area contributed by atoms with Gasteiger partial charge in [0.25, 0.3) is 5.91 Å². The highest BCUT2D eigenvalue weighted by Gasteiger charge is 2.39. The molecule has 0 atom stereocenters. The molecule has 0 bridgehead atoms. The quantitative estimate of drug-likeness (QED) is 0.871. The number of benzene rings is 1. The molecule has 5 heteroatoms. The Kier molecular flexibility index (Phi) is 5.40. The molecule has 1 heterocycles. The van der Waals surface area contributed by atoms with E-state index in [4.69, 9.17) is 16.3 Å². The third-order valence-corrected chi connectivity index (χ3v) is 4.04. The topological polar surface area (TPSA) is 50.4 Å². The zero-order valence-electron chi connectivity index (χ0n) is 11.7. The Hall–Kier alpha value is -1.10. The maximum Gasteiger partial charge on any atom is 0.252 e. The minimum atomic E-state index is -0.667. The molecule has 0 saturated carbocycles. The third-order valence-electron chi connectivity index (χ3n) is 3.80. The largest absolute Gasteiger partial charge is 0.368 e. The standard InChI is InChI=1S/C15H21ClN2O2/c1-20-15(6-9-17-10-7-15)14(19)18-8-5-12-3-2-4-13(16)11-12/h2-4,11,17H,5-10H2,1H3,(H,18,19). The molecule has 1 aromatic rings. The number of methoxy groups -OCH3 is 1. The van der Waals surface area contributed by atoms with Gasteiger partial charge in [0.05, 0.1) is 0 Å². The summed E-state index contributed by atoms with van der Waals surface area (Å²) in [7, 11) is 1.61. The molecule has 20 heavy (non-hydrogen) atoms. The molecule has 110 valence electrons. The summed E-state index contributed by atoms with van der Waals surface area (Å²) in [6.45, 7) is 2.23. The number of ether oxygens (including phenoxy) is 1. The van der Waals surface area contributed by atoms with Crippen molar-refractivity contribution in [1.82, 2.24) is 10.6 Å². The van der Waals surface area contributed by atoms with E-state index in [0.29, 0.717) is 19.4 Å². The lowest BCUT2D eigenvalue weighted by Crippen LogP contribution is -2.54. The Labute approximate surface area is 124 Å². The number of rotatable bonds is 5. The first kappa shape index (κ1) is 15.3. The molecule has 1 fully saturated rings. The van der Waals surface area contributed by atoms with E-state index in [2.05, 4.69) is 10.6 Å². The fraction of sp³-hybridized carbons (Fsp3) is 0.533. The van der Waals surface area contributed by atoms with Crippen LogP contribution < -0.4 is 10.6 Å². The smallest absolute Gasteiger partial charge is 0.252 e. The van der Waals surface area contributed by atoms with Crippen LogP contribution in [0.3, 0.4) is 0 Å². The van der Waals surface area contributed by atoms with Crippen LogP contribution in [0.15, 0.2) is 24.3 Å². The van der Waals surface area contributed by atoms with Crippen LogP contribution in [0.5, 0.6) is 0 Å². The molecule has 2 rings (SSSR count). The van der Waals surface area contributed by atoms with E-state index in [-0.39, 0.29) is 5.91 Å². The Morgan fingerprint density at radius 3 is 2.85 bits per heavy atom. The number of hydrogen-bond donors (Lipinski definition) is 2. The van der Waals surface area contributed by atoms with Gasteiger partial charge in [-0.3, -0.25) is 4.79 Å². The zero-order chi connectivity index (χ0) is 14.4.